The van der Waals surface area contributed by atoms with Gasteiger partial charge in [-0.25, -0.2) is 5.01 Å². The van der Waals surface area contributed by atoms with E-state index in [9.17, 15) is 5.11 Å². The van der Waals surface area contributed by atoms with Gasteiger partial charge in [-0.05, 0) is 12.3 Å². The van der Waals surface area contributed by atoms with Crippen LogP contribution in [0.1, 0.15) is 39.5 Å². The Morgan fingerprint density at radius 1 is 1.25 bits per heavy atom. The molecule has 1 saturated heterocycles. The van der Waals surface area contributed by atoms with Crippen LogP contribution in [0.15, 0.2) is 0 Å². The molecule has 1 aliphatic rings. The Morgan fingerprint density at radius 2 is 2.00 bits per heavy atom. The second kappa shape index (κ2) is 11.5. The van der Waals surface area contributed by atoms with Crippen molar-refractivity contribution in [1.82, 2.24) is 10.4 Å². The minimum atomic E-state index is -0.443. The molecule has 2 atom stereocenters. The number of hydrogen-bond acceptors (Lipinski definition) is 5. The summed E-state index contributed by atoms with van der Waals surface area (Å²) in [5.74, 6) is 0.634. The summed E-state index contributed by atoms with van der Waals surface area (Å²) in [6.45, 7) is 9.43. The van der Waals surface area contributed by atoms with Crippen molar-refractivity contribution in [2.24, 2.45) is 5.92 Å². The molecule has 20 heavy (non-hydrogen) atoms. The molecule has 0 aromatic rings. The molecule has 1 rings (SSSR count). The van der Waals surface area contributed by atoms with Gasteiger partial charge >= 0.3 is 0 Å². The molecular formula is C15H32N2O3. The van der Waals surface area contributed by atoms with Gasteiger partial charge in [0.1, 0.15) is 0 Å². The van der Waals surface area contributed by atoms with E-state index in [0.29, 0.717) is 19.1 Å². The van der Waals surface area contributed by atoms with E-state index in [0.717, 1.165) is 39.3 Å². The lowest BCUT2D eigenvalue weighted by atomic mass is 10.0. The zero-order valence-corrected chi connectivity index (χ0v) is 13.1. The predicted octanol–water partition coefficient (Wildman–Crippen LogP) is 1.42. The van der Waals surface area contributed by atoms with E-state index in [1.807, 2.05) is 0 Å². The summed E-state index contributed by atoms with van der Waals surface area (Å²) in [5, 5.41) is 12.0. The molecule has 0 aliphatic carbocycles. The molecule has 2 unspecified atom stereocenters. The van der Waals surface area contributed by atoms with Gasteiger partial charge in [-0.2, -0.15) is 0 Å². The Labute approximate surface area is 123 Å². The summed E-state index contributed by atoms with van der Waals surface area (Å²) < 4.78 is 10.9. The molecule has 120 valence electrons. The van der Waals surface area contributed by atoms with Crippen molar-refractivity contribution in [3.63, 3.8) is 0 Å². The van der Waals surface area contributed by atoms with E-state index >= 15 is 0 Å². The van der Waals surface area contributed by atoms with Crippen LogP contribution < -0.4 is 5.43 Å². The standard InChI is InChI=1S/C15H32N2O3/c1-3-5-6-14(4-2)12-20-13-15(18)11-16-17-7-9-19-10-8-17/h14-16,18H,3-13H2,1-2H3. The molecule has 0 aromatic carbocycles. The fraction of sp³-hybridized carbons (Fsp3) is 1.00. The van der Waals surface area contributed by atoms with E-state index in [1.165, 1.54) is 19.3 Å². The molecule has 0 saturated carbocycles. The topological polar surface area (TPSA) is 54.0 Å². The van der Waals surface area contributed by atoms with Crippen LogP contribution in [0.4, 0.5) is 0 Å². The van der Waals surface area contributed by atoms with Crippen LogP contribution in [0.25, 0.3) is 0 Å². The Balaban J connectivity index is 2.02. The van der Waals surface area contributed by atoms with Crippen molar-refractivity contribution in [2.75, 3.05) is 46.1 Å². The first-order valence-electron chi connectivity index (χ1n) is 8.08. The number of nitrogens with zero attached hydrogens (tertiary/aromatic N) is 1. The lowest BCUT2D eigenvalue weighted by molar-refractivity contribution is -0.0154. The quantitative estimate of drug-likeness (QED) is 0.602. The third-order valence-electron chi connectivity index (χ3n) is 3.77. The van der Waals surface area contributed by atoms with Gasteiger partial charge in [0.2, 0.25) is 0 Å². The minimum Gasteiger partial charge on any atom is -0.389 e. The van der Waals surface area contributed by atoms with E-state index in [4.69, 9.17) is 9.47 Å². The van der Waals surface area contributed by atoms with Gasteiger partial charge in [0, 0.05) is 26.2 Å². The van der Waals surface area contributed by atoms with E-state index in [1.54, 1.807) is 0 Å². The van der Waals surface area contributed by atoms with Gasteiger partial charge < -0.3 is 14.6 Å². The van der Waals surface area contributed by atoms with Crippen LogP contribution in [0.5, 0.6) is 0 Å². The van der Waals surface area contributed by atoms with Crippen LogP contribution in [0.3, 0.4) is 0 Å². The number of aliphatic hydroxyl groups excluding tert-OH is 1. The number of rotatable bonds is 11. The second-order valence-corrected chi connectivity index (χ2v) is 5.57. The van der Waals surface area contributed by atoms with Gasteiger partial charge in [0.05, 0.1) is 25.9 Å². The van der Waals surface area contributed by atoms with Crippen LogP contribution in [-0.4, -0.2) is 62.3 Å². The molecule has 0 bridgehead atoms. The predicted molar refractivity (Wildman–Crippen MR) is 80.5 cm³/mol. The number of nitrogens with one attached hydrogen (secondary N) is 1. The van der Waals surface area contributed by atoms with Gasteiger partial charge in [0.25, 0.3) is 0 Å². The van der Waals surface area contributed by atoms with Crippen molar-refractivity contribution in [1.29, 1.82) is 0 Å². The highest BCUT2D eigenvalue weighted by Crippen LogP contribution is 2.12. The van der Waals surface area contributed by atoms with Crippen molar-refractivity contribution < 1.29 is 14.6 Å². The number of hydrogen-bond donors (Lipinski definition) is 2. The highest BCUT2D eigenvalue weighted by atomic mass is 16.5. The summed E-state index contributed by atoms with van der Waals surface area (Å²) in [7, 11) is 0. The molecule has 1 fully saturated rings. The lowest BCUT2D eigenvalue weighted by Gasteiger charge is -2.28. The smallest absolute Gasteiger partial charge is 0.0911 e. The molecular weight excluding hydrogens is 256 g/mol. The summed E-state index contributed by atoms with van der Waals surface area (Å²) in [6, 6.07) is 0. The first kappa shape index (κ1) is 17.9. The van der Waals surface area contributed by atoms with Crippen molar-refractivity contribution in [3.8, 4) is 0 Å². The zero-order valence-electron chi connectivity index (χ0n) is 13.1. The maximum Gasteiger partial charge on any atom is 0.0911 e. The van der Waals surface area contributed by atoms with Crippen LogP contribution in [0.2, 0.25) is 0 Å². The second-order valence-electron chi connectivity index (χ2n) is 5.57. The average Bonchev–Trinajstić information content (AvgIpc) is 2.49. The molecule has 5 nitrogen and oxygen atoms in total. The van der Waals surface area contributed by atoms with Gasteiger partial charge in [-0.1, -0.05) is 33.1 Å². The molecule has 5 heteroatoms. The van der Waals surface area contributed by atoms with Crippen molar-refractivity contribution >= 4 is 0 Å². The van der Waals surface area contributed by atoms with Gasteiger partial charge in [-0.15, -0.1) is 0 Å². The SMILES string of the molecule is CCCCC(CC)COCC(O)CNN1CCOCC1. The average molecular weight is 288 g/mol. The molecule has 0 spiro atoms. The summed E-state index contributed by atoms with van der Waals surface area (Å²) in [4.78, 5) is 0. The zero-order chi connectivity index (χ0) is 14.6. The fourth-order valence-electron chi connectivity index (χ4n) is 2.28. The molecule has 0 amide bonds. The van der Waals surface area contributed by atoms with Crippen LogP contribution >= 0.6 is 0 Å². The molecule has 1 heterocycles. The number of unbranched alkanes of at least 4 members (excludes halogenated alkanes) is 1. The van der Waals surface area contributed by atoms with Crippen LogP contribution in [0, 0.1) is 5.92 Å². The first-order chi connectivity index (χ1) is 9.76. The lowest BCUT2D eigenvalue weighted by Crippen LogP contribution is -2.48. The molecule has 2 N–H and O–H groups in total. The summed E-state index contributed by atoms with van der Waals surface area (Å²) in [6.07, 6.45) is 4.45. The molecule has 1 aliphatic heterocycles. The Kier molecular flexibility index (Phi) is 10.2. The summed E-state index contributed by atoms with van der Waals surface area (Å²) in [5.41, 5.74) is 3.23. The first-order valence-corrected chi connectivity index (χ1v) is 8.08. The Morgan fingerprint density at radius 3 is 2.65 bits per heavy atom. The van der Waals surface area contributed by atoms with Gasteiger partial charge in [0.15, 0.2) is 0 Å². The van der Waals surface area contributed by atoms with E-state index < -0.39 is 6.10 Å². The summed E-state index contributed by atoms with van der Waals surface area (Å²) >= 11 is 0. The Bertz CT molecular complexity index is 223. The number of aliphatic hydroxyl groups is 1. The van der Waals surface area contributed by atoms with E-state index in [2.05, 4.69) is 24.3 Å². The molecule has 0 aromatic heterocycles. The van der Waals surface area contributed by atoms with Crippen molar-refractivity contribution in [3.05, 3.63) is 0 Å². The fourth-order valence-corrected chi connectivity index (χ4v) is 2.28. The number of morpholine rings is 1. The highest BCUT2D eigenvalue weighted by molar-refractivity contribution is 4.62. The minimum absolute atomic E-state index is 0.417. The third kappa shape index (κ3) is 8.17. The molecule has 0 radical (unpaired) electrons. The third-order valence-corrected chi connectivity index (χ3v) is 3.77. The normalized spacial score (nSPS) is 19.9. The van der Waals surface area contributed by atoms with Crippen LogP contribution in [-0.2, 0) is 9.47 Å². The van der Waals surface area contributed by atoms with Crippen molar-refractivity contribution in [2.45, 2.75) is 45.6 Å². The maximum absolute atomic E-state index is 9.90. The number of hydrazine groups is 1. The number of ether oxygens (including phenoxy) is 2. The largest absolute Gasteiger partial charge is 0.389 e. The maximum atomic E-state index is 9.90. The van der Waals surface area contributed by atoms with Gasteiger partial charge in [-0.3, -0.25) is 5.43 Å². The van der Waals surface area contributed by atoms with E-state index in [-0.39, 0.29) is 0 Å². The highest BCUT2D eigenvalue weighted by Gasteiger charge is 2.12. The monoisotopic (exact) mass is 288 g/mol. The Hall–Kier alpha value is -0.200.